The van der Waals surface area contributed by atoms with Gasteiger partial charge in [-0.05, 0) is 30.5 Å². The van der Waals surface area contributed by atoms with Gasteiger partial charge in [-0.3, -0.25) is 14.2 Å². The van der Waals surface area contributed by atoms with Gasteiger partial charge in [0.25, 0.3) is 5.56 Å². The Bertz CT molecular complexity index is 1390. The lowest BCUT2D eigenvalue weighted by atomic mass is 10.2. The average molecular weight is 465 g/mol. The molecule has 2 N–H and O–H groups in total. The molecule has 0 bridgehead atoms. The molecule has 4 aromatic rings. The number of thiophene rings is 2. The molecule has 9 heteroatoms. The van der Waals surface area contributed by atoms with Crippen molar-refractivity contribution < 1.29 is 4.79 Å². The fraction of sp³-hybridized carbons (Fsp3) is 0.0909. The van der Waals surface area contributed by atoms with Crippen molar-refractivity contribution in [2.45, 2.75) is 12.1 Å². The molecule has 1 aromatic carbocycles. The lowest BCUT2D eigenvalue weighted by Gasteiger charge is -2.12. The quantitative estimate of drug-likeness (QED) is 0.194. The highest BCUT2D eigenvalue weighted by Gasteiger charge is 2.20. The summed E-state index contributed by atoms with van der Waals surface area (Å²) in [5.41, 5.74) is 7.08. The van der Waals surface area contributed by atoms with Crippen molar-refractivity contribution in [1.29, 1.82) is 5.26 Å². The summed E-state index contributed by atoms with van der Waals surface area (Å²) in [5, 5.41) is 14.0. The molecule has 0 saturated carbocycles. The second kappa shape index (κ2) is 8.89. The Labute approximate surface area is 190 Å². The molecule has 0 atom stereocenters. The number of hydrogen-bond donors (Lipinski definition) is 1. The first-order valence-corrected chi connectivity index (χ1v) is 11.9. The molecule has 0 saturated heterocycles. The number of aromatic nitrogens is 2. The molecule has 3 aromatic heterocycles. The number of benzene rings is 1. The van der Waals surface area contributed by atoms with Crippen LogP contribution in [0.2, 0.25) is 0 Å². The molecule has 0 unspecified atom stereocenters. The van der Waals surface area contributed by atoms with Crippen LogP contribution in [0, 0.1) is 11.3 Å². The van der Waals surface area contributed by atoms with E-state index in [9.17, 15) is 14.9 Å². The third-order valence-electron chi connectivity index (χ3n) is 4.50. The van der Waals surface area contributed by atoms with Crippen molar-refractivity contribution in [3.05, 3.63) is 74.8 Å². The topological polar surface area (TPSA) is 102 Å². The Kier molecular flexibility index (Phi) is 6.04. The lowest BCUT2D eigenvalue weighted by molar-refractivity contribution is -0.112. The molecule has 0 radical (unpaired) electrons. The number of hydrogen-bond acceptors (Lipinski definition) is 8. The number of carbonyl (C=O) groups excluding carboxylic acids is 1. The van der Waals surface area contributed by atoms with Crippen LogP contribution in [-0.2, 0) is 4.79 Å². The Morgan fingerprint density at radius 3 is 2.65 bits per heavy atom. The third-order valence-corrected chi connectivity index (χ3v) is 7.21. The largest absolute Gasteiger partial charge is 0.401 e. The molecular formula is C22H16N4O2S3. The second-order valence-electron chi connectivity index (χ2n) is 6.56. The van der Waals surface area contributed by atoms with E-state index in [1.54, 1.807) is 11.3 Å². The zero-order valence-electron chi connectivity index (χ0n) is 16.4. The summed E-state index contributed by atoms with van der Waals surface area (Å²) in [6, 6.07) is 15.0. The van der Waals surface area contributed by atoms with Gasteiger partial charge < -0.3 is 5.73 Å². The molecule has 31 heavy (non-hydrogen) atoms. The van der Waals surface area contributed by atoms with Gasteiger partial charge in [0.2, 0.25) is 0 Å². The molecular weight excluding hydrogens is 448 g/mol. The van der Waals surface area contributed by atoms with Gasteiger partial charge in [-0.25, -0.2) is 4.98 Å². The van der Waals surface area contributed by atoms with Gasteiger partial charge >= 0.3 is 0 Å². The number of allylic oxidation sites excluding steroid dienone is 2. The van der Waals surface area contributed by atoms with E-state index in [1.807, 2.05) is 59.3 Å². The summed E-state index contributed by atoms with van der Waals surface area (Å²) in [6.07, 6.45) is 0. The summed E-state index contributed by atoms with van der Waals surface area (Å²) in [5.74, 6) is -0.447. The van der Waals surface area contributed by atoms with Crippen molar-refractivity contribution in [3.8, 4) is 22.2 Å². The zero-order valence-corrected chi connectivity index (χ0v) is 18.8. The highest BCUT2D eigenvalue weighted by atomic mass is 32.2. The highest BCUT2D eigenvalue weighted by Crippen LogP contribution is 2.35. The number of carbonyl (C=O) groups is 1. The van der Waals surface area contributed by atoms with Crippen molar-refractivity contribution in [1.82, 2.24) is 9.55 Å². The van der Waals surface area contributed by atoms with E-state index in [0.29, 0.717) is 21.1 Å². The third kappa shape index (κ3) is 4.05. The highest BCUT2D eigenvalue weighted by molar-refractivity contribution is 7.99. The molecule has 6 nitrogen and oxygen atoms in total. The Balaban J connectivity index is 1.86. The maximum atomic E-state index is 13.6. The first kappa shape index (κ1) is 21.1. The molecule has 0 fully saturated rings. The van der Waals surface area contributed by atoms with Gasteiger partial charge in [0.15, 0.2) is 10.9 Å². The maximum Gasteiger partial charge on any atom is 0.268 e. The van der Waals surface area contributed by atoms with Crippen LogP contribution in [0.15, 0.2) is 74.4 Å². The van der Waals surface area contributed by atoms with Crippen LogP contribution in [0.25, 0.3) is 26.3 Å². The van der Waals surface area contributed by atoms with Crippen LogP contribution in [0.5, 0.6) is 0 Å². The van der Waals surface area contributed by atoms with Gasteiger partial charge in [0, 0.05) is 21.5 Å². The van der Waals surface area contributed by atoms with Gasteiger partial charge in [-0.15, -0.1) is 22.7 Å². The molecule has 0 spiro atoms. The van der Waals surface area contributed by atoms with E-state index in [2.05, 4.69) is 0 Å². The number of nitriles is 1. The first-order valence-electron chi connectivity index (χ1n) is 9.17. The van der Waals surface area contributed by atoms with Gasteiger partial charge in [-0.1, -0.05) is 36.0 Å². The number of ketones is 1. The van der Waals surface area contributed by atoms with Gasteiger partial charge in [0.1, 0.15) is 16.5 Å². The minimum absolute atomic E-state index is 0.0502. The Hall–Kier alpha value is -3.19. The van der Waals surface area contributed by atoms with Crippen molar-refractivity contribution in [2.24, 2.45) is 5.73 Å². The predicted octanol–water partition coefficient (Wildman–Crippen LogP) is 4.59. The number of nitrogens with two attached hydrogens (primary N) is 1. The van der Waals surface area contributed by atoms with E-state index < -0.39 is 5.78 Å². The summed E-state index contributed by atoms with van der Waals surface area (Å²) >= 11 is 4.08. The van der Waals surface area contributed by atoms with E-state index in [0.717, 1.165) is 22.2 Å². The lowest BCUT2D eigenvalue weighted by Crippen LogP contribution is -2.22. The Morgan fingerprint density at radius 1 is 1.23 bits per heavy atom. The predicted molar refractivity (Wildman–Crippen MR) is 127 cm³/mol. The summed E-state index contributed by atoms with van der Waals surface area (Å²) < 4.78 is 1.52. The summed E-state index contributed by atoms with van der Waals surface area (Å²) in [6.45, 7) is 1.52. The van der Waals surface area contributed by atoms with Gasteiger partial charge in [0.05, 0.1) is 16.8 Å². The molecule has 0 aliphatic rings. The van der Waals surface area contributed by atoms with Crippen molar-refractivity contribution >= 4 is 50.4 Å². The summed E-state index contributed by atoms with van der Waals surface area (Å²) in [7, 11) is 0. The number of para-hydroxylation sites is 1. The smallest absolute Gasteiger partial charge is 0.268 e. The Morgan fingerprint density at radius 2 is 2.00 bits per heavy atom. The van der Waals surface area contributed by atoms with Crippen LogP contribution in [-0.4, -0.2) is 21.1 Å². The van der Waals surface area contributed by atoms with Crippen LogP contribution in [0.3, 0.4) is 0 Å². The number of nitrogens with zero attached hydrogens (tertiary/aromatic N) is 3. The number of Topliss-reactive ketones (excluding diaryl/α,β-unsaturated/α-hetero) is 1. The molecule has 154 valence electrons. The molecule has 0 aliphatic heterocycles. The number of thioether (sulfide) groups is 1. The zero-order chi connectivity index (χ0) is 22.0. The normalized spacial score (nSPS) is 11.9. The first-order chi connectivity index (χ1) is 15.0. The van der Waals surface area contributed by atoms with E-state index in [1.165, 1.54) is 22.8 Å². The second-order valence-corrected chi connectivity index (χ2v) is 9.31. The minimum atomic E-state index is -0.396. The average Bonchev–Trinajstić information content (AvgIpc) is 3.43. The van der Waals surface area contributed by atoms with Gasteiger partial charge in [-0.2, -0.15) is 5.26 Å². The van der Waals surface area contributed by atoms with Crippen LogP contribution in [0.4, 0.5) is 0 Å². The minimum Gasteiger partial charge on any atom is -0.401 e. The molecule has 3 heterocycles. The molecule has 0 aliphatic carbocycles. The fourth-order valence-corrected chi connectivity index (χ4v) is 5.75. The molecule has 0 amide bonds. The fourth-order valence-electron chi connectivity index (χ4n) is 3.06. The van der Waals surface area contributed by atoms with Crippen molar-refractivity contribution in [2.75, 3.05) is 5.75 Å². The standard InChI is InChI=1S/C22H16N4O2S3/c1-13(24)15(10-23)17(27)12-31-22-25-20-19(16(11-30-20)18-8-5-9-29-18)21(28)26(22)14-6-3-2-4-7-14/h2-9,11H,12,24H2,1H3/b15-13+. The molecule has 4 rings (SSSR count). The van der Waals surface area contributed by atoms with E-state index in [4.69, 9.17) is 10.7 Å². The number of rotatable bonds is 6. The monoisotopic (exact) mass is 464 g/mol. The van der Waals surface area contributed by atoms with E-state index in [-0.39, 0.29) is 22.6 Å². The summed E-state index contributed by atoms with van der Waals surface area (Å²) in [4.78, 5) is 32.4. The van der Waals surface area contributed by atoms with Crippen LogP contribution < -0.4 is 11.3 Å². The number of fused-ring (bicyclic) bond motifs is 1. The maximum absolute atomic E-state index is 13.6. The van der Waals surface area contributed by atoms with Crippen molar-refractivity contribution in [3.63, 3.8) is 0 Å². The van der Waals surface area contributed by atoms with Crippen LogP contribution in [0.1, 0.15) is 6.92 Å². The van der Waals surface area contributed by atoms with E-state index >= 15 is 0 Å². The van der Waals surface area contributed by atoms with Crippen LogP contribution >= 0.6 is 34.4 Å². The SMILES string of the molecule is C/C(N)=C(/C#N)C(=O)CSc1nc2scc(-c3cccs3)c2c(=O)n1-c1ccccc1.